The maximum Gasteiger partial charge on any atom is 0.244 e. The van der Waals surface area contributed by atoms with Gasteiger partial charge in [-0.2, -0.15) is 9.57 Å². The van der Waals surface area contributed by atoms with Crippen molar-refractivity contribution in [3.63, 3.8) is 0 Å². The molecule has 2 atom stereocenters. The van der Waals surface area contributed by atoms with Gasteiger partial charge in [0, 0.05) is 24.2 Å². The first kappa shape index (κ1) is 16.2. The van der Waals surface area contributed by atoms with E-state index in [2.05, 4.69) is 0 Å². The molecule has 114 valence electrons. The summed E-state index contributed by atoms with van der Waals surface area (Å²) in [7, 11) is -3.78. The number of sulfonamides is 1. The first-order valence-corrected chi connectivity index (χ1v) is 8.65. The number of hydrogen-bond donors (Lipinski definition) is 1. The van der Waals surface area contributed by atoms with Gasteiger partial charge in [0.15, 0.2) is 0 Å². The average molecular weight is 328 g/mol. The Labute approximate surface area is 130 Å². The van der Waals surface area contributed by atoms with Gasteiger partial charge in [0.25, 0.3) is 0 Å². The number of halogens is 1. The van der Waals surface area contributed by atoms with Gasteiger partial charge in [-0.1, -0.05) is 18.5 Å². The van der Waals surface area contributed by atoms with Gasteiger partial charge in [-0.3, -0.25) is 0 Å². The number of hydrogen-bond acceptors (Lipinski definition) is 4. The zero-order chi connectivity index (χ0) is 15.6. The predicted octanol–water partition coefficient (Wildman–Crippen LogP) is 1.96. The van der Waals surface area contributed by atoms with Crippen molar-refractivity contribution in [2.45, 2.75) is 30.7 Å². The molecule has 1 aliphatic rings. The molecule has 7 heteroatoms. The Balaban J connectivity index is 2.51. The van der Waals surface area contributed by atoms with E-state index in [1.54, 1.807) is 0 Å². The van der Waals surface area contributed by atoms with E-state index in [0.717, 1.165) is 12.8 Å². The molecule has 1 aromatic carbocycles. The van der Waals surface area contributed by atoms with Crippen LogP contribution < -0.4 is 5.73 Å². The Kier molecular flexibility index (Phi) is 4.89. The van der Waals surface area contributed by atoms with Crippen molar-refractivity contribution in [1.82, 2.24) is 4.31 Å². The molecule has 0 bridgehead atoms. The highest BCUT2D eigenvalue weighted by Crippen LogP contribution is 2.31. The third kappa shape index (κ3) is 3.06. The molecule has 0 saturated carbocycles. The topological polar surface area (TPSA) is 87.2 Å². The van der Waals surface area contributed by atoms with Crippen molar-refractivity contribution in [2.24, 2.45) is 11.7 Å². The highest BCUT2D eigenvalue weighted by Gasteiger charge is 2.37. The van der Waals surface area contributed by atoms with Crippen molar-refractivity contribution in [3.05, 3.63) is 28.8 Å². The summed E-state index contributed by atoms with van der Waals surface area (Å²) in [5.41, 5.74) is 5.87. The quantitative estimate of drug-likeness (QED) is 0.919. The molecule has 5 nitrogen and oxygen atoms in total. The van der Waals surface area contributed by atoms with Crippen LogP contribution in [0, 0.1) is 17.2 Å². The number of benzene rings is 1. The van der Waals surface area contributed by atoms with Crippen LogP contribution in [0.15, 0.2) is 23.1 Å². The maximum absolute atomic E-state index is 12.9. The second-order valence-corrected chi connectivity index (χ2v) is 7.59. The van der Waals surface area contributed by atoms with E-state index in [4.69, 9.17) is 22.6 Å². The molecule has 1 saturated heterocycles. The summed E-state index contributed by atoms with van der Waals surface area (Å²) in [4.78, 5) is -0.0370. The fourth-order valence-electron chi connectivity index (χ4n) is 2.79. The van der Waals surface area contributed by atoms with Gasteiger partial charge in [0.1, 0.15) is 11.0 Å². The summed E-state index contributed by atoms with van der Waals surface area (Å²) < 4.78 is 27.2. The van der Waals surface area contributed by atoms with Crippen molar-refractivity contribution < 1.29 is 8.42 Å². The van der Waals surface area contributed by atoms with Gasteiger partial charge in [-0.15, -0.1) is 0 Å². The Morgan fingerprint density at radius 1 is 1.52 bits per heavy atom. The SMILES string of the molecule is CC1CCCN(S(=O)(=O)c2cc(Cl)ccc2C#N)C1CN. The molecular weight excluding hydrogens is 310 g/mol. The first-order valence-electron chi connectivity index (χ1n) is 6.83. The fraction of sp³-hybridized carbons (Fsp3) is 0.500. The van der Waals surface area contributed by atoms with E-state index in [0.29, 0.717) is 11.6 Å². The third-order valence-electron chi connectivity index (χ3n) is 3.96. The van der Waals surface area contributed by atoms with E-state index >= 15 is 0 Å². The van der Waals surface area contributed by atoms with Crippen LogP contribution >= 0.6 is 11.6 Å². The van der Waals surface area contributed by atoms with E-state index in [1.165, 1.54) is 22.5 Å². The van der Waals surface area contributed by atoms with E-state index in [-0.39, 0.29) is 29.0 Å². The highest BCUT2D eigenvalue weighted by atomic mass is 35.5. The van der Waals surface area contributed by atoms with Gasteiger partial charge in [0.2, 0.25) is 10.0 Å². The lowest BCUT2D eigenvalue weighted by Crippen LogP contribution is -2.51. The number of nitrogens with two attached hydrogens (primary N) is 1. The van der Waals surface area contributed by atoms with Crippen LogP contribution in [0.2, 0.25) is 5.02 Å². The molecule has 0 amide bonds. The fourth-order valence-corrected chi connectivity index (χ4v) is 4.96. The normalized spacial score (nSPS) is 23.7. The van der Waals surface area contributed by atoms with Gasteiger partial charge < -0.3 is 5.73 Å². The highest BCUT2D eigenvalue weighted by molar-refractivity contribution is 7.89. The standard InChI is InChI=1S/C14H18ClN3O2S/c1-10-3-2-6-18(13(10)9-17)21(19,20)14-7-12(15)5-4-11(14)8-16/h4-5,7,10,13H,2-3,6,9,17H2,1H3. The van der Waals surface area contributed by atoms with Crippen LogP contribution in [0.1, 0.15) is 25.3 Å². The second kappa shape index (κ2) is 6.32. The van der Waals surface area contributed by atoms with Crippen LogP contribution in [0.3, 0.4) is 0 Å². The summed E-state index contributed by atoms with van der Waals surface area (Å²) >= 11 is 5.90. The van der Waals surface area contributed by atoms with Crippen molar-refractivity contribution in [2.75, 3.05) is 13.1 Å². The molecule has 1 aromatic rings. The number of rotatable bonds is 3. The zero-order valence-corrected chi connectivity index (χ0v) is 13.4. The molecule has 0 spiro atoms. The predicted molar refractivity (Wildman–Crippen MR) is 81.3 cm³/mol. The molecule has 2 rings (SSSR count). The van der Waals surface area contributed by atoms with Gasteiger partial charge in [-0.05, 0) is 37.0 Å². The lowest BCUT2D eigenvalue weighted by molar-refractivity contribution is 0.192. The molecule has 2 N–H and O–H groups in total. The minimum absolute atomic E-state index is 0.0370. The Hall–Kier alpha value is -1.13. The van der Waals surface area contributed by atoms with Crippen LogP contribution in [0.5, 0.6) is 0 Å². The van der Waals surface area contributed by atoms with Crippen LogP contribution in [0.25, 0.3) is 0 Å². The van der Waals surface area contributed by atoms with Gasteiger partial charge >= 0.3 is 0 Å². The van der Waals surface area contributed by atoms with Crippen molar-refractivity contribution in [3.8, 4) is 6.07 Å². The smallest absolute Gasteiger partial charge is 0.244 e. The van der Waals surface area contributed by atoms with Crippen LogP contribution in [0.4, 0.5) is 0 Å². The zero-order valence-electron chi connectivity index (χ0n) is 11.8. The lowest BCUT2D eigenvalue weighted by atomic mass is 9.93. The van der Waals surface area contributed by atoms with E-state index in [9.17, 15) is 8.42 Å². The minimum atomic E-state index is -3.78. The second-order valence-electron chi connectivity index (χ2n) is 5.29. The van der Waals surface area contributed by atoms with Gasteiger partial charge in [0.05, 0.1) is 5.56 Å². The molecule has 0 aromatic heterocycles. The number of nitrogens with zero attached hydrogens (tertiary/aromatic N) is 2. The molecule has 1 aliphatic heterocycles. The van der Waals surface area contributed by atoms with Crippen LogP contribution in [-0.4, -0.2) is 31.9 Å². The lowest BCUT2D eigenvalue weighted by Gasteiger charge is -2.38. The number of nitriles is 1. The van der Waals surface area contributed by atoms with E-state index in [1.807, 2.05) is 13.0 Å². The minimum Gasteiger partial charge on any atom is -0.329 e. The van der Waals surface area contributed by atoms with Crippen molar-refractivity contribution in [1.29, 1.82) is 5.26 Å². The summed E-state index contributed by atoms with van der Waals surface area (Å²) in [6.07, 6.45) is 1.74. The largest absolute Gasteiger partial charge is 0.329 e. The molecule has 21 heavy (non-hydrogen) atoms. The third-order valence-corrected chi connectivity index (χ3v) is 6.16. The van der Waals surface area contributed by atoms with Crippen molar-refractivity contribution >= 4 is 21.6 Å². The summed E-state index contributed by atoms with van der Waals surface area (Å²) in [6, 6.07) is 5.95. The molecule has 1 heterocycles. The van der Waals surface area contributed by atoms with E-state index < -0.39 is 10.0 Å². The number of piperidine rings is 1. The summed E-state index contributed by atoms with van der Waals surface area (Å²) in [5.74, 6) is 0.197. The van der Waals surface area contributed by atoms with Gasteiger partial charge in [-0.25, -0.2) is 8.42 Å². The summed E-state index contributed by atoms with van der Waals surface area (Å²) in [6.45, 7) is 2.69. The molecule has 2 unspecified atom stereocenters. The van der Waals surface area contributed by atoms with Crippen LogP contribution in [-0.2, 0) is 10.0 Å². The first-order chi connectivity index (χ1) is 9.91. The molecule has 0 aliphatic carbocycles. The Morgan fingerprint density at radius 3 is 2.86 bits per heavy atom. The molecule has 1 fully saturated rings. The molecular formula is C14H18ClN3O2S. The average Bonchev–Trinajstić information content (AvgIpc) is 2.46. The maximum atomic E-state index is 12.9. The monoisotopic (exact) mass is 327 g/mol. The Bertz CT molecular complexity index is 669. The summed E-state index contributed by atoms with van der Waals surface area (Å²) in [5, 5.41) is 9.44. The Morgan fingerprint density at radius 2 is 2.24 bits per heavy atom. The molecule has 0 radical (unpaired) electrons.